The zero-order valence-corrected chi connectivity index (χ0v) is 13.9. The number of likely N-dealkylation sites (tertiary alicyclic amines) is 1. The van der Waals surface area contributed by atoms with Crippen molar-refractivity contribution in [1.29, 1.82) is 0 Å². The number of hydrogen-bond donors (Lipinski definition) is 0. The molecule has 2 nitrogen and oxygen atoms in total. The highest BCUT2D eigenvalue weighted by molar-refractivity contribution is 6.33. The second-order valence-electron chi connectivity index (χ2n) is 6.07. The van der Waals surface area contributed by atoms with Gasteiger partial charge in [-0.3, -0.25) is 4.90 Å². The quantitative estimate of drug-likeness (QED) is 0.597. The summed E-state index contributed by atoms with van der Waals surface area (Å²) in [5, 5.41) is 3.90. The van der Waals surface area contributed by atoms with E-state index >= 15 is 0 Å². The third-order valence-electron chi connectivity index (χ3n) is 4.58. The number of hydrogen-bond acceptors (Lipinski definition) is 1. The molecule has 0 saturated carbocycles. The summed E-state index contributed by atoms with van der Waals surface area (Å²) in [6.07, 6.45) is 3.96. The Balaban J connectivity index is 1.90. The molecule has 3 aromatic rings. The molecule has 2 aromatic carbocycles. The van der Waals surface area contributed by atoms with E-state index in [2.05, 4.69) is 21.6 Å². The lowest BCUT2D eigenvalue weighted by atomic mass is 10.1. The number of fused-ring (bicyclic) bond motifs is 3. The van der Waals surface area contributed by atoms with E-state index in [1.807, 2.05) is 24.3 Å². The summed E-state index contributed by atoms with van der Waals surface area (Å²) < 4.78 is 2.39. The van der Waals surface area contributed by atoms with E-state index in [0.29, 0.717) is 0 Å². The molecule has 1 fully saturated rings. The molecule has 114 valence electrons. The van der Waals surface area contributed by atoms with Crippen LogP contribution in [0.4, 0.5) is 0 Å². The molecule has 0 radical (unpaired) electrons. The van der Waals surface area contributed by atoms with E-state index in [9.17, 15) is 0 Å². The fourth-order valence-electron chi connectivity index (χ4n) is 3.50. The summed E-state index contributed by atoms with van der Waals surface area (Å²) in [5.41, 5.74) is 2.46. The minimum absolute atomic E-state index is 0.768. The molecule has 0 spiro atoms. The Kier molecular flexibility index (Phi) is 3.77. The normalized spacial score (nSPS) is 16.6. The van der Waals surface area contributed by atoms with Gasteiger partial charge in [-0.25, -0.2) is 0 Å². The molecule has 4 heteroatoms. The second-order valence-corrected chi connectivity index (χ2v) is 6.94. The van der Waals surface area contributed by atoms with Crippen LogP contribution in [0, 0.1) is 0 Å². The van der Waals surface area contributed by atoms with Crippen LogP contribution in [0.25, 0.3) is 21.8 Å². The van der Waals surface area contributed by atoms with Crippen molar-refractivity contribution in [2.75, 3.05) is 13.1 Å². The van der Waals surface area contributed by atoms with Crippen molar-refractivity contribution in [3.05, 3.63) is 46.4 Å². The van der Waals surface area contributed by atoms with Gasteiger partial charge in [-0.15, -0.1) is 0 Å². The molecular weight excluding hydrogens is 315 g/mol. The van der Waals surface area contributed by atoms with Crippen molar-refractivity contribution >= 4 is 45.0 Å². The van der Waals surface area contributed by atoms with Crippen LogP contribution in [0.15, 0.2) is 36.4 Å². The van der Waals surface area contributed by atoms with Gasteiger partial charge in [-0.2, -0.15) is 0 Å². The van der Waals surface area contributed by atoms with Crippen LogP contribution in [0.3, 0.4) is 0 Å². The van der Waals surface area contributed by atoms with E-state index in [4.69, 9.17) is 23.2 Å². The van der Waals surface area contributed by atoms with E-state index in [1.54, 1.807) is 0 Å². The first-order valence-electron chi connectivity index (χ1n) is 7.82. The second kappa shape index (κ2) is 5.77. The zero-order chi connectivity index (χ0) is 15.1. The van der Waals surface area contributed by atoms with Crippen LogP contribution in [-0.4, -0.2) is 22.6 Å². The summed E-state index contributed by atoms with van der Waals surface area (Å²) in [6.45, 7) is 3.30. The van der Waals surface area contributed by atoms with Gasteiger partial charge in [0.2, 0.25) is 0 Å². The third-order valence-corrected chi connectivity index (χ3v) is 5.05. The average Bonchev–Trinajstić information content (AvgIpc) is 2.81. The largest absolute Gasteiger partial charge is 0.327 e. The van der Waals surface area contributed by atoms with E-state index < -0.39 is 0 Å². The van der Waals surface area contributed by atoms with Crippen molar-refractivity contribution < 1.29 is 0 Å². The smallest absolute Gasteiger partial charge is 0.0757 e. The minimum atomic E-state index is 0.768. The first-order valence-corrected chi connectivity index (χ1v) is 8.57. The SMILES string of the molecule is Clc1ccc2c(c1)c1cc(Cl)ccc1n2CN1CCCCC1. The first-order chi connectivity index (χ1) is 10.7. The molecule has 0 bridgehead atoms. The molecule has 0 atom stereocenters. The van der Waals surface area contributed by atoms with Gasteiger partial charge in [-0.1, -0.05) is 29.6 Å². The number of aromatic nitrogens is 1. The lowest BCUT2D eigenvalue weighted by Gasteiger charge is -2.27. The highest BCUT2D eigenvalue weighted by atomic mass is 35.5. The van der Waals surface area contributed by atoms with Crippen LogP contribution < -0.4 is 0 Å². The Morgan fingerprint density at radius 3 is 1.86 bits per heavy atom. The highest BCUT2D eigenvalue weighted by Crippen LogP contribution is 2.33. The van der Waals surface area contributed by atoms with Crippen molar-refractivity contribution in [2.45, 2.75) is 25.9 Å². The van der Waals surface area contributed by atoms with Crippen molar-refractivity contribution in [3.63, 3.8) is 0 Å². The Morgan fingerprint density at radius 2 is 1.32 bits per heavy atom. The van der Waals surface area contributed by atoms with Crippen molar-refractivity contribution in [3.8, 4) is 0 Å². The van der Waals surface area contributed by atoms with E-state index in [-0.39, 0.29) is 0 Å². The Morgan fingerprint density at radius 1 is 0.773 bits per heavy atom. The van der Waals surface area contributed by atoms with Crippen molar-refractivity contribution in [1.82, 2.24) is 9.47 Å². The number of nitrogens with zero attached hydrogens (tertiary/aromatic N) is 2. The van der Waals surface area contributed by atoms with Gasteiger partial charge in [0.15, 0.2) is 0 Å². The Labute approximate surface area is 140 Å². The predicted octanol–water partition coefficient (Wildman–Crippen LogP) is 5.54. The lowest BCUT2D eigenvalue weighted by Crippen LogP contribution is -2.31. The lowest BCUT2D eigenvalue weighted by molar-refractivity contribution is 0.187. The monoisotopic (exact) mass is 332 g/mol. The third kappa shape index (κ3) is 2.50. The number of piperidine rings is 1. The van der Waals surface area contributed by atoms with Crippen LogP contribution in [0.2, 0.25) is 10.0 Å². The first kappa shape index (κ1) is 14.4. The molecule has 0 aliphatic carbocycles. The van der Waals surface area contributed by atoms with Gasteiger partial charge in [0.1, 0.15) is 0 Å². The van der Waals surface area contributed by atoms with Gasteiger partial charge in [0.05, 0.1) is 17.7 Å². The highest BCUT2D eigenvalue weighted by Gasteiger charge is 2.15. The van der Waals surface area contributed by atoms with Gasteiger partial charge < -0.3 is 4.57 Å². The van der Waals surface area contributed by atoms with Crippen molar-refractivity contribution in [2.24, 2.45) is 0 Å². The van der Waals surface area contributed by atoms with E-state index in [1.165, 1.54) is 54.2 Å². The molecule has 1 saturated heterocycles. The number of rotatable bonds is 2. The van der Waals surface area contributed by atoms with Gasteiger partial charge in [-0.05, 0) is 62.3 Å². The van der Waals surface area contributed by atoms with Crippen LogP contribution >= 0.6 is 23.2 Å². The molecule has 0 N–H and O–H groups in total. The molecule has 22 heavy (non-hydrogen) atoms. The zero-order valence-electron chi connectivity index (χ0n) is 12.4. The molecule has 1 aliphatic rings. The maximum Gasteiger partial charge on any atom is 0.0757 e. The standard InChI is InChI=1S/C18H18Cl2N2/c19-13-4-6-17-15(10-13)16-11-14(20)5-7-18(16)22(17)12-21-8-2-1-3-9-21/h4-7,10-11H,1-3,8-9,12H2. The summed E-state index contributed by atoms with van der Waals surface area (Å²) in [7, 11) is 0. The van der Waals surface area contributed by atoms with Crippen LogP contribution in [-0.2, 0) is 6.67 Å². The summed E-state index contributed by atoms with van der Waals surface area (Å²) in [5.74, 6) is 0. The molecule has 0 amide bonds. The summed E-state index contributed by atoms with van der Waals surface area (Å²) >= 11 is 12.4. The van der Waals surface area contributed by atoms with Crippen LogP contribution in [0.5, 0.6) is 0 Å². The molecule has 2 heterocycles. The fourth-order valence-corrected chi connectivity index (χ4v) is 3.85. The van der Waals surface area contributed by atoms with Gasteiger partial charge in [0, 0.05) is 20.8 Å². The fraction of sp³-hybridized carbons (Fsp3) is 0.333. The topological polar surface area (TPSA) is 8.17 Å². The Bertz CT molecular complexity index is 773. The molecular formula is C18H18Cl2N2. The van der Waals surface area contributed by atoms with E-state index in [0.717, 1.165) is 16.7 Å². The summed E-state index contributed by atoms with van der Waals surface area (Å²) in [4.78, 5) is 2.53. The summed E-state index contributed by atoms with van der Waals surface area (Å²) in [6, 6.07) is 12.3. The molecule has 1 aromatic heterocycles. The predicted molar refractivity (Wildman–Crippen MR) is 94.9 cm³/mol. The maximum atomic E-state index is 6.21. The molecule has 0 unspecified atom stereocenters. The average molecular weight is 333 g/mol. The minimum Gasteiger partial charge on any atom is -0.327 e. The Hall–Kier alpha value is -1.22. The van der Waals surface area contributed by atoms with Gasteiger partial charge >= 0.3 is 0 Å². The number of benzene rings is 2. The maximum absolute atomic E-state index is 6.21. The van der Waals surface area contributed by atoms with Crippen LogP contribution in [0.1, 0.15) is 19.3 Å². The number of halogens is 2. The molecule has 4 rings (SSSR count). The molecule has 1 aliphatic heterocycles. The van der Waals surface area contributed by atoms with Gasteiger partial charge in [0.25, 0.3) is 0 Å².